The van der Waals surface area contributed by atoms with E-state index in [1.165, 1.54) is 22.0 Å². The lowest BCUT2D eigenvalue weighted by Gasteiger charge is -2.24. The smallest absolute Gasteiger partial charge is 0.338 e. The molecule has 1 unspecified atom stereocenters. The molecule has 0 radical (unpaired) electrons. The highest BCUT2D eigenvalue weighted by Gasteiger charge is 2.33. The largest absolute Gasteiger partial charge is 0.497 e. The summed E-state index contributed by atoms with van der Waals surface area (Å²) in [5, 5.41) is 1.02. The Balaban J connectivity index is 1.63. The molecule has 0 saturated heterocycles. The second-order valence-electron chi connectivity index (χ2n) is 8.57. The summed E-state index contributed by atoms with van der Waals surface area (Å²) in [6.45, 7) is 5.37. The monoisotopic (exact) mass is 580 g/mol. The lowest BCUT2D eigenvalue weighted by atomic mass is 9.96. The molecule has 1 atom stereocenters. The minimum atomic E-state index is -0.746. The Hall–Kier alpha value is -3.85. The van der Waals surface area contributed by atoms with Crippen LogP contribution < -0.4 is 19.6 Å². The van der Waals surface area contributed by atoms with Crippen LogP contribution in [-0.4, -0.2) is 24.3 Å². The first-order chi connectivity index (χ1) is 18.8. The molecule has 1 aliphatic heterocycles. The summed E-state index contributed by atoms with van der Waals surface area (Å²) in [4.78, 5) is 31.9. The van der Waals surface area contributed by atoms with Crippen LogP contribution in [-0.2, 0) is 9.53 Å². The highest BCUT2D eigenvalue weighted by Crippen LogP contribution is 2.33. The van der Waals surface area contributed by atoms with Crippen LogP contribution in [0.4, 0.5) is 0 Å². The van der Waals surface area contributed by atoms with E-state index in [1.807, 2.05) is 12.1 Å². The van der Waals surface area contributed by atoms with E-state index >= 15 is 0 Å². The molecule has 5 rings (SSSR count). The molecule has 0 spiro atoms. The van der Waals surface area contributed by atoms with Crippen molar-refractivity contribution in [2.75, 3.05) is 13.7 Å². The van der Waals surface area contributed by atoms with Gasteiger partial charge in [-0.15, -0.1) is 0 Å². The molecule has 0 aliphatic carbocycles. The molecule has 3 heterocycles. The van der Waals surface area contributed by atoms with Gasteiger partial charge in [0, 0.05) is 16.7 Å². The molecule has 4 aromatic rings. The van der Waals surface area contributed by atoms with Crippen LogP contribution in [0.25, 0.3) is 17.4 Å². The Morgan fingerprint density at radius 1 is 1.18 bits per heavy atom. The Morgan fingerprint density at radius 3 is 2.67 bits per heavy atom. The van der Waals surface area contributed by atoms with Crippen molar-refractivity contribution < 1.29 is 18.7 Å². The molecule has 0 amide bonds. The summed E-state index contributed by atoms with van der Waals surface area (Å²) in [5.41, 5.74) is 1.77. The third-order valence-corrected chi connectivity index (χ3v) is 7.65. The quantitative estimate of drug-likeness (QED) is 0.212. The standard InChI is InChI=1S/C29H22Cl2N2O5S/c1-4-13-37-28(35)25-16(2)32-29-33(26(25)17-5-8-19(36-3)9-6-17)27(34)24(39-29)15-20-10-12-23(38-20)21-14-18(30)7-11-22(21)31/h4-12,14-15,26H,1,13H2,2-3H3/b24-15+. The van der Waals surface area contributed by atoms with Crippen molar-refractivity contribution in [2.24, 2.45) is 4.99 Å². The van der Waals surface area contributed by atoms with Gasteiger partial charge in [-0.25, -0.2) is 9.79 Å². The number of esters is 1. The van der Waals surface area contributed by atoms with Crippen LogP contribution >= 0.6 is 34.5 Å². The molecule has 0 bridgehead atoms. The Bertz CT molecular complexity index is 1800. The molecule has 2 aromatic carbocycles. The number of benzene rings is 2. The van der Waals surface area contributed by atoms with Gasteiger partial charge in [0.05, 0.1) is 34.0 Å². The van der Waals surface area contributed by atoms with E-state index in [0.717, 1.165) is 0 Å². The van der Waals surface area contributed by atoms with E-state index in [1.54, 1.807) is 62.6 Å². The zero-order chi connectivity index (χ0) is 27.7. The number of nitrogens with zero attached hydrogens (tertiary/aromatic N) is 2. The van der Waals surface area contributed by atoms with Gasteiger partial charge in [-0.3, -0.25) is 9.36 Å². The van der Waals surface area contributed by atoms with E-state index in [9.17, 15) is 9.59 Å². The number of rotatable bonds is 7. The number of hydrogen-bond donors (Lipinski definition) is 0. The van der Waals surface area contributed by atoms with Gasteiger partial charge in [0.1, 0.15) is 23.9 Å². The first-order valence-corrected chi connectivity index (χ1v) is 13.4. The van der Waals surface area contributed by atoms with Crippen molar-refractivity contribution in [3.05, 3.63) is 120 Å². The van der Waals surface area contributed by atoms with Gasteiger partial charge in [0.2, 0.25) is 0 Å². The van der Waals surface area contributed by atoms with Crippen molar-refractivity contribution in [2.45, 2.75) is 13.0 Å². The van der Waals surface area contributed by atoms with Gasteiger partial charge in [-0.1, -0.05) is 59.3 Å². The molecule has 1 aliphatic rings. The Labute approximate surface area is 237 Å². The molecule has 0 fully saturated rings. The molecular formula is C29H22Cl2N2O5S. The summed E-state index contributed by atoms with van der Waals surface area (Å²) in [7, 11) is 1.57. The number of methoxy groups -OCH3 is 1. The molecule has 0 N–H and O–H groups in total. The summed E-state index contributed by atoms with van der Waals surface area (Å²) < 4.78 is 18.5. The minimum Gasteiger partial charge on any atom is -0.497 e. The van der Waals surface area contributed by atoms with E-state index in [2.05, 4.69) is 11.6 Å². The average molecular weight is 581 g/mol. The maximum atomic E-state index is 13.8. The highest BCUT2D eigenvalue weighted by atomic mass is 35.5. The Morgan fingerprint density at radius 2 is 1.95 bits per heavy atom. The number of fused-ring (bicyclic) bond motifs is 1. The second kappa shape index (κ2) is 11.1. The van der Waals surface area contributed by atoms with Crippen molar-refractivity contribution in [3.8, 4) is 17.1 Å². The normalized spacial score (nSPS) is 15.1. The van der Waals surface area contributed by atoms with Gasteiger partial charge in [-0.05, 0) is 55.0 Å². The van der Waals surface area contributed by atoms with E-state index in [4.69, 9.17) is 37.1 Å². The van der Waals surface area contributed by atoms with Gasteiger partial charge in [-0.2, -0.15) is 0 Å². The molecular weight excluding hydrogens is 559 g/mol. The molecule has 0 saturated carbocycles. The fraction of sp³-hybridized carbons (Fsp3) is 0.138. The number of allylic oxidation sites excluding steroid dienone is 1. The molecule has 7 nitrogen and oxygen atoms in total. The maximum absolute atomic E-state index is 13.8. The fourth-order valence-electron chi connectivity index (χ4n) is 4.29. The highest BCUT2D eigenvalue weighted by molar-refractivity contribution is 7.07. The van der Waals surface area contributed by atoms with Crippen LogP contribution in [0.2, 0.25) is 10.0 Å². The number of halogens is 2. The SMILES string of the molecule is C=CCOC(=O)C1=C(C)N=c2s/c(=C/c3ccc(-c4cc(Cl)ccc4Cl)o3)c(=O)n2C1c1ccc(OC)cc1. The van der Waals surface area contributed by atoms with Crippen LogP contribution in [0.15, 0.2) is 92.7 Å². The van der Waals surface area contributed by atoms with E-state index in [-0.39, 0.29) is 17.7 Å². The van der Waals surface area contributed by atoms with Crippen LogP contribution in [0.3, 0.4) is 0 Å². The first kappa shape index (κ1) is 26.7. The number of furan rings is 1. The van der Waals surface area contributed by atoms with Gasteiger partial charge < -0.3 is 13.9 Å². The van der Waals surface area contributed by atoms with E-state index in [0.29, 0.717) is 53.5 Å². The second-order valence-corrected chi connectivity index (χ2v) is 10.4. The van der Waals surface area contributed by atoms with Crippen LogP contribution in [0.5, 0.6) is 5.75 Å². The minimum absolute atomic E-state index is 0.0346. The third kappa shape index (κ3) is 5.23. The number of hydrogen-bond acceptors (Lipinski definition) is 7. The average Bonchev–Trinajstić information content (AvgIpc) is 3.52. The van der Waals surface area contributed by atoms with Gasteiger partial charge in [0.25, 0.3) is 5.56 Å². The Kier molecular flexibility index (Phi) is 7.61. The maximum Gasteiger partial charge on any atom is 0.338 e. The lowest BCUT2D eigenvalue weighted by Crippen LogP contribution is -2.39. The summed E-state index contributed by atoms with van der Waals surface area (Å²) in [5.74, 6) is 1.05. The molecule has 39 heavy (non-hydrogen) atoms. The van der Waals surface area contributed by atoms with Crippen molar-refractivity contribution in [1.82, 2.24) is 4.57 Å². The van der Waals surface area contributed by atoms with Gasteiger partial charge >= 0.3 is 5.97 Å². The number of ether oxygens (including phenoxy) is 2. The lowest BCUT2D eigenvalue weighted by molar-refractivity contribution is -0.138. The van der Waals surface area contributed by atoms with Crippen LogP contribution in [0, 0.1) is 0 Å². The summed E-state index contributed by atoms with van der Waals surface area (Å²) in [6, 6.07) is 15.0. The van der Waals surface area contributed by atoms with Crippen LogP contribution in [0.1, 0.15) is 24.3 Å². The summed E-state index contributed by atoms with van der Waals surface area (Å²) in [6.07, 6.45) is 3.13. The molecule has 10 heteroatoms. The molecule has 2 aromatic heterocycles. The molecule has 198 valence electrons. The predicted octanol–water partition coefficient (Wildman–Crippen LogP) is 5.54. The van der Waals surface area contributed by atoms with Crippen molar-refractivity contribution in [1.29, 1.82) is 0 Å². The zero-order valence-corrected chi connectivity index (χ0v) is 23.3. The predicted molar refractivity (Wildman–Crippen MR) is 152 cm³/mol. The van der Waals surface area contributed by atoms with Crippen molar-refractivity contribution in [3.63, 3.8) is 0 Å². The first-order valence-electron chi connectivity index (χ1n) is 11.8. The number of carbonyl (C=O) groups is 1. The fourth-order valence-corrected chi connectivity index (χ4v) is 5.70. The number of aromatic nitrogens is 1. The zero-order valence-electron chi connectivity index (χ0n) is 20.9. The van der Waals surface area contributed by atoms with Gasteiger partial charge in [0.15, 0.2) is 4.80 Å². The number of thiazole rings is 1. The van der Waals surface area contributed by atoms with E-state index < -0.39 is 12.0 Å². The van der Waals surface area contributed by atoms with Crippen molar-refractivity contribution >= 4 is 46.6 Å². The number of carbonyl (C=O) groups excluding carboxylic acids is 1. The summed E-state index contributed by atoms with van der Waals surface area (Å²) >= 11 is 13.7. The third-order valence-electron chi connectivity index (χ3n) is 6.10. The topological polar surface area (TPSA) is 83.0 Å².